The molecule has 0 bridgehead atoms. The van der Waals surface area contributed by atoms with E-state index in [1.165, 1.54) is 16.4 Å². The number of anilines is 1. The van der Waals surface area contributed by atoms with E-state index in [0.717, 1.165) is 5.41 Å². The Bertz CT molecular complexity index is 762. The van der Waals surface area contributed by atoms with Gasteiger partial charge in [-0.1, -0.05) is 29.8 Å². The molecule has 10 heteroatoms. The van der Waals surface area contributed by atoms with E-state index in [1.54, 1.807) is 0 Å². The van der Waals surface area contributed by atoms with Gasteiger partial charge in [-0.15, -0.1) is 0 Å². The number of carbonyl (C=O) groups excluding carboxylic acids is 1. The summed E-state index contributed by atoms with van der Waals surface area (Å²) in [7, 11) is -3.41. The van der Waals surface area contributed by atoms with Crippen LogP contribution in [0.15, 0.2) is 24.1 Å². The number of hydrogen-bond acceptors (Lipinski definition) is 5. The Morgan fingerprint density at radius 1 is 1.32 bits per heavy atom. The van der Waals surface area contributed by atoms with Crippen LogP contribution >= 0.6 is 23.2 Å². The van der Waals surface area contributed by atoms with Gasteiger partial charge in [0.25, 0.3) is 0 Å². The number of phenols is 1. The van der Waals surface area contributed by atoms with E-state index in [1.807, 2.05) is 0 Å². The smallest absolute Gasteiger partial charge is 0.239 e. The molecule has 1 saturated heterocycles. The molecular weight excluding hydrogens is 389 g/mol. The third-order valence-corrected chi connectivity index (χ3v) is 6.10. The molecule has 0 atom stereocenters. The molecule has 2 rings (SSSR count). The molecule has 138 valence electrons. The predicted octanol–water partition coefficient (Wildman–Crippen LogP) is 2.16. The van der Waals surface area contributed by atoms with E-state index in [2.05, 4.69) is 17.2 Å². The number of hydrogen-bond donors (Lipinski definition) is 3. The van der Waals surface area contributed by atoms with Gasteiger partial charge < -0.3 is 15.7 Å². The van der Waals surface area contributed by atoms with Crippen molar-refractivity contribution in [1.82, 2.24) is 9.62 Å². The molecule has 25 heavy (non-hydrogen) atoms. The monoisotopic (exact) mass is 407 g/mol. The van der Waals surface area contributed by atoms with Crippen LogP contribution in [0.5, 0.6) is 5.75 Å². The third-order valence-electron chi connectivity index (χ3n) is 3.87. The zero-order valence-electron chi connectivity index (χ0n) is 13.3. The first-order valence-electron chi connectivity index (χ1n) is 7.56. The fourth-order valence-corrected chi connectivity index (χ4v) is 3.74. The molecule has 3 N–H and O–H groups in total. The van der Waals surface area contributed by atoms with Gasteiger partial charge in [-0.3, -0.25) is 4.79 Å². The zero-order chi connectivity index (χ0) is 18.6. The van der Waals surface area contributed by atoms with Crippen LogP contribution in [-0.4, -0.2) is 49.4 Å². The number of amides is 1. The van der Waals surface area contributed by atoms with E-state index in [0.29, 0.717) is 31.6 Å². The number of sulfonamides is 1. The summed E-state index contributed by atoms with van der Waals surface area (Å²) in [6, 6.07) is 2.62. The summed E-state index contributed by atoms with van der Waals surface area (Å²) in [6.07, 6.45) is 1.05. The lowest BCUT2D eigenvalue weighted by Gasteiger charge is -2.30. The summed E-state index contributed by atoms with van der Waals surface area (Å²) in [4.78, 5) is 12.0. The topological polar surface area (TPSA) is 98.7 Å². The maximum absolute atomic E-state index is 12.0. The summed E-state index contributed by atoms with van der Waals surface area (Å²) < 4.78 is 24.7. The van der Waals surface area contributed by atoms with Crippen LogP contribution in [0.25, 0.3) is 0 Å². The molecular formula is C15H19Cl2N3O4S. The van der Waals surface area contributed by atoms with Crippen LogP contribution in [-0.2, 0) is 14.8 Å². The van der Waals surface area contributed by atoms with Gasteiger partial charge in [0, 0.05) is 30.6 Å². The first-order valence-corrected chi connectivity index (χ1v) is 9.82. The lowest BCUT2D eigenvalue weighted by atomic mass is 10.1. The highest BCUT2D eigenvalue weighted by molar-refractivity contribution is 7.92. The summed E-state index contributed by atoms with van der Waals surface area (Å²) in [6.45, 7) is 3.91. The highest BCUT2D eigenvalue weighted by atomic mass is 35.5. The van der Waals surface area contributed by atoms with E-state index in [4.69, 9.17) is 23.2 Å². The second-order valence-electron chi connectivity index (χ2n) is 5.59. The predicted molar refractivity (Wildman–Crippen MR) is 98.5 cm³/mol. The van der Waals surface area contributed by atoms with Crippen LogP contribution in [0, 0.1) is 0 Å². The second kappa shape index (κ2) is 8.27. The van der Waals surface area contributed by atoms with Crippen LogP contribution in [0.3, 0.4) is 0 Å². The average molecular weight is 408 g/mol. The minimum atomic E-state index is -3.41. The Morgan fingerprint density at radius 3 is 2.52 bits per heavy atom. The van der Waals surface area contributed by atoms with E-state index in [9.17, 15) is 18.3 Å². The minimum absolute atomic E-state index is 0.0588. The van der Waals surface area contributed by atoms with E-state index in [-0.39, 0.29) is 34.3 Å². The van der Waals surface area contributed by atoms with Crippen molar-refractivity contribution in [3.8, 4) is 5.75 Å². The Morgan fingerprint density at radius 2 is 1.92 bits per heavy atom. The van der Waals surface area contributed by atoms with Gasteiger partial charge in [0.15, 0.2) is 0 Å². The lowest BCUT2D eigenvalue weighted by molar-refractivity contribution is -0.120. The zero-order valence-corrected chi connectivity index (χ0v) is 15.7. The normalized spacial score (nSPS) is 16.4. The van der Waals surface area contributed by atoms with Crippen molar-refractivity contribution in [2.24, 2.45) is 0 Å². The number of carbonyl (C=O) groups is 1. The summed E-state index contributed by atoms with van der Waals surface area (Å²) in [5.41, 5.74) is 0.302. The van der Waals surface area contributed by atoms with Crippen molar-refractivity contribution in [3.05, 3.63) is 34.2 Å². The van der Waals surface area contributed by atoms with Crippen molar-refractivity contribution < 1.29 is 18.3 Å². The number of nitrogens with one attached hydrogen (secondary N) is 2. The average Bonchev–Trinajstić information content (AvgIpc) is 2.57. The minimum Gasteiger partial charge on any atom is -0.506 e. The van der Waals surface area contributed by atoms with Crippen LogP contribution < -0.4 is 10.6 Å². The highest BCUT2D eigenvalue weighted by Crippen LogP contribution is 2.33. The third kappa shape index (κ3) is 5.24. The van der Waals surface area contributed by atoms with Crippen LogP contribution in [0.4, 0.5) is 5.69 Å². The molecule has 1 aromatic rings. The number of piperidine rings is 1. The number of benzene rings is 1. The molecule has 0 unspecified atom stereocenters. The van der Waals surface area contributed by atoms with Crippen molar-refractivity contribution in [2.75, 3.05) is 25.0 Å². The second-order valence-corrected chi connectivity index (χ2v) is 8.28. The molecule has 1 heterocycles. The largest absolute Gasteiger partial charge is 0.506 e. The Hall–Kier alpha value is -1.48. The maximum Gasteiger partial charge on any atom is 0.239 e. The van der Waals surface area contributed by atoms with Gasteiger partial charge in [0.05, 0.1) is 22.3 Å². The van der Waals surface area contributed by atoms with Gasteiger partial charge in [-0.05, 0) is 18.9 Å². The molecule has 1 aliphatic heterocycles. The Balaban J connectivity index is 1.82. The molecule has 0 aromatic heterocycles. The maximum atomic E-state index is 12.0. The SMILES string of the molecule is C=CS(=O)(=O)N1CCC(NC(=O)CNc2cc(Cl)c(Cl)cc2O)CC1. The molecule has 0 radical (unpaired) electrons. The quantitative estimate of drug-likeness (QED) is 0.627. The lowest BCUT2D eigenvalue weighted by Crippen LogP contribution is -2.47. The summed E-state index contributed by atoms with van der Waals surface area (Å²) in [5, 5.41) is 16.8. The Labute approximate surface area is 156 Å². The van der Waals surface area contributed by atoms with Crippen LogP contribution in [0.1, 0.15) is 12.8 Å². The number of nitrogens with zero attached hydrogens (tertiary/aromatic N) is 1. The Kier molecular flexibility index (Phi) is 6.56. The number of aromatic hydroxyl groups is 1. The fraction of sp³-hybridized carbons (Fsp3) is 0.400. The summed E-state index contributed by atoms with van der Waals surface area (Å²) in [5.74, 6) is -0.374. The molecule has 7 nitrogen and oxygen atoms in total. The fourth-order valence-electron chi connectivity index (χ4n) is 2.49. The number of phenolic OH excluding ortho intramolecular Hbond substituents is 1. The molecule has 0 spiro atoms. The molecule has 1 amide bonds. The van der Waals surface area contributed by atoms with Gasteiger partial charge in [0.1, 0.15) is 5.75 Å². The van der Waals surface area contributed by atoms with E-state index < -0.39 is 10.0 Å². The van der Waals surface area contributed by atoms with Gasteiger partial charge >= 0.3 is 0 Å². The highest BCUT2D eigenvalue weighted by Gasteiger charge is 2.26. The van der Waals surface area contributed by atoms with E-state index >= 15 is 0 Å². The molecule has 0 saturated carbocycles. The number of rotatable bonds is 6. The summed E-state index contributed by atoms with van der Waals surface area (Å²) >= 11 is 11.7. The first kappa shape index (κ1) is 19.8. The molecule has 0 aliphatic carbocycles. The molecule has 1 aliphatic rings. The van der Waals surface area contributed by atoms with Gasteiger partial charge in [-0.2, -0.15) is 4.31 Å². The molecule has 1 fully saturated rings. The van der Waals surface area contributed by atoms with Crippen molar-refractivity contribution in [2.45, 2.75) is 18.9 Å². The van der Waals surface area contributed by atoms with Crippen LogP contribution in [0.2, 0.25) is 10.0 Å². The van der Waals surface area contributed by atoms with Gasteiger partial charge in [0.2, 0.25) is 15.9 Å². The van der Waals surface area contributed by atoms with Crippen molar-refractivity contribution in [3.63, 3.8) is 0 Å². The van der Waals surface area contributed by atoms with Crippen molar-refractivity contribution in [1.29, 1.82) is 0 Å². The van der Waals surface area contributed by atoms with Gasteiger partial charge in [-0.25, -0.2) is 8.42 Å². The number of halogens is 2. The standard InChI is InChI=1S/C15H19Cl2N3O4S/c1-2-25(23,24)20-5-3-10(4-6-20)19-15(22)9-18-13-7-11(16)12(17)8-14(13)21/h2,7-8,10,18,21H,1,3-6,9H2,(H,19,22). The first-order chi connectivity index (χ1) is 11.7. The van der Waals surface area contributed by atoms with Crippen molar-refractivity contribution >= 4 is 44.8 Å². The molecule has 1 aromatic carbocycles.